The van der Waals surface area contributed by atoms with Crippen LogP contribution in [0.25, 0.3) is 0 Å². The largest absolute Gasteiger partial charge is 0.497 e. The van der Waals surface area contributed by atoms with Gasteiger partial charge in [-0.15, -0.1) is 0 Å². The molecule has 0 saturated carbocycles. The molecule has 1 aliphatic heterocycles. The molecule has 1 aliphatic rings. The first-order chi connectivity index (χ1) is 14.0. The first-order valence-corrected chi connectivity index (χ1v) is 8.57. The zero-order valence-corrected chi connectivity index (χ0v) is 15.4. The summed E-state index contributed by atoms with van der Waals surface area (Å²) >= 11 is 0. The first kappa shape index (κ1) is 19.7. The van der Waals surface area contributed by atoms with Gasteiger partial charge >= 0.3 is 6.03 Å². The number of fused-ring (bicyclic) bond motifs is 1. The summed E-state index contributed by atoms with van der Waals surface area (Å²) in [5.74, 6) is 6.21. The number of ether oxygens (including phenoxy) is 1. The van der Waals surface area contributed by atoms with Crippen molar-refractivity contribution in [2.24, 2.45) is 0 Å². The van der Waals surface area contributed by atoms with Gasteiger partial charge in [0.15, 0.2) is 17.8 Å². The number of amides is 4. The highest BCUT2D eigenvalue weighted by Crippen LogP contribution is 2.26. The topological polar surface area (TPSA) is 118 Å². The Morgan fingerprint density at radius 2 is 2.17 bits per heavy atom. The van der Waals surface area contributed by atoms with E-state index in [0.717, 1.165) is 5.56 Å². The molecule has 1 aromatic heterocycles. The number of hydrogen-bond acceptors (Lipinski definition) is 6. The highest BCUT2D eigenvalue weighted by Gasteiger charge is 2.29. The van der Waals surface area contributed by atoms with E-state index < -0.39 is 12.1 Å². The number of nitrogens with zero attached hydrogens (tertiary/aromatic N) is 1. The molecule has 0 radical (unpaired) electrons. The molecular weight excluding hydrogens is 378 g/mol. The fraction of sp³-hybridized carbons (Fsp3) is 0.200. The fourth-order valence-corrected chi connectivity index (χ4v) is 2.86. The third-order valence-corrected chi connectivity index (χ3v) is 4.21. The number of rotatable bonds is 6. The maximum absolute atomic E-state index is 12.7. The summed E-state index contributed by atoms with van der Waals surface area (Å²) in [5, 5.41) is 4.49. The average Bonchev–Trinajstić information content (AvgIpc) is 3.30. The summed E-state index contributed by atoms with van der Waals surface area (Å²) in [6, 6.07) is 6.68. The molecule has 2 heterocycles. The Morgan fingerprint density at radius 1 is 1.34 bits per heavy atom. The van der Waals surface area contributed by atoms with E-state index in [1.807, 2.05) is 11.4 Å². The summed E-state index contributed by atoms with van der Waals surface area (Å²) in [6.45, 7) is 0.430. The highest BCUT2D eigenvalue weighted by molar-refractivity contribution is 5.98. The van der Waals surface area contributed by atoms with E-state index in [1.165, 1.54) is 24.1 Å². The summed E-state index contributed by atoms with van der Waals surface area (Å²) in [6.07, 6.45) is 0.790. The fourth-order valence-electron chi connectivity index (χ4n) is 2.86. The van der Waals surface area contributed by atoms with Gasteiger partial charge in [-0.25, -0.2) is 4.79 Å². The monoisotopic (exact) mass is 395 g/mol. The van der Waals surface area contributed by atoms with Crippen molar-refractivity contribution < 1.29 is 28.3 Å². The SMILES string of the molecule is COc1ccc2c(c1)C(=O)N(C[C@@H](C#Cc1ccc(C=O)o1)NC(=O)NC=O)C2. The van der Waals surface area contributed by atoms with Crippen molar-refractivity contribution >= 4 is 24.6 Å². The standard InChI is InChI=1S/C20H17N3O6/c1-28-16-4-2-13-9-23(19(26)18(13)8-16)10-14(22-20(27)21-12-25)3-5-15-6-7-17(11-24)29-15/h2,4,6-8,11-12,14H,9-10H2,1H3,(H2,21,22,25,27)/t14-/m1/s1. The van der Waals surface area contributed by atoms with Gasteiger partial charge < -0.3 is 19.4 Å². The Hall–Kier alpha value is -4.06. The molecule has 148 valence electrons. The van der Waals surface area contributed by atoms with E-state index in [2.05, 4.69) is 17.2 Å². The number of imide groups is 1. The van der Waals surface area contributed by atoms with E-state index in [-0.39, 0.29) is 30.4 Å². The van der Waals surface area contributed by atoms with Gasteiger partial charge in [-0.05, 0) is 35.7 Å². The molecule has 29 heavy (non-hydrogen) atoms. The van der Waals surface area contributed by atoms with Crippen LogP contribution in [0.5, 0.6) is 5.75 Å². The Labute approximate surface area is 166 Å². The first-order valence-electron chi connectivity index (χ1n) is 8.57. The number of urea groups is 1. The van der Waals surface area contributed by atoms with Gasteiger partial charge in [-0.3, -0.25) is 19.7 Å². The number of carbonyl (C=O) groups is 4. The van der Waals surface area contributed by atoms with Crippen LogP contribution in [-0.4, -0.2) is 49.2 Å². The lowest BCUT2D eigenvalue weighted by Crippen LogP contribution is -2.46. The minimum atomic E-state index is -0.792. The summed E-state index contributed by atoms with van der Waals surface area (Å²) in [5.41, 5.74) is 1.36. The van der Waals surface area contributed by atoms with E-state index >= 15 is 0 Å². The average molecular weight is 395 g/mol. The van der Waals surface area contributed by atoms with Crippen molar-refractivity contribution in [1.29, 1.82) is 0 Å². The van der Waals surface area contributed by atoms with Gasteiger partial charge in [0.1, 0.15) is 11.8 Å². The van der Waals surface area contributed by atoms with Crippen molar-refractivity contribution in [3.05, 3.63) is 53.0 Å². The van der Waals surface area contributed by atoms with Crippen molar-refractivity contribution in [2.45, 2.75) is 12.6 Å². The van der Waals surface area contributed by atoms with Gasteiger partial charge in [0.05, 0.1) is 13.7 Å². The Bertz CT molecular complexity index is 1020. The van der Waals surface area contributed by atoms with Crippen LogP contribution in [0.15, 0.2) is 34.7 Å². The van der Waals surface area contributed by atoms with Gasteiger partial charge in [-0.2, -0.15) is 0 Å². The smallest absolute Gasteiger partial charge is 0.322 e. The third kappa shape index (κ3) is 4.62. The van der Waals surface area contributed by atoms with Crippen LogP contribution in [0.2, 0.25) is 0 Å². The van der Waals surface area contributed by atoms with Crippen LogP contribution >= 0.6 is 0 Å². The number of methoxy groups -OCH3 is 1. The maximum atomic E-state index is 12.7. The predicted octanol–water partition coefficient (Wildman–Crippen LogP) is 0.932. The van der Waals surface area contributed by atoms with Crippen LogP contribution in [0.1, 0.15) is 32.2 Å². The van der Waals surface area contributed by atoms with Crippen LogP contribution < -0.4 is 15.4 Å². The number of hydrogen-bond donors (Lipinski definition) is 2. The number of aldehydes is 1. The lowest BCUT2D eigenvalue weighted by molar-refractivity contribution is -0.108. The highest BCUT2D eigenvalue weighted by atomic mass is 16.5. The molecule has 0 saturated heterocycles. The van der Waals surface area contributed by atoms with E-state index in [4.69, 9.17) is 9.15 Å². The molecule has 2 N–H and O–H groups in total. The van der Waals surface area contributed by atoms with Crippen LogP contribution in [0.4, 0.5) is 4.79 Å². The predicted molar refractivity (Wildman–Crippen MR) is 100 cm³/mol. The molecule has 1 atom stereocenters. The second-order valence-electron chi connectivity index (χ2n) is 6.09. The molecule has 1 aromatic carbocycles. The second kappa shape index (κ2) is 8.75. The quantitative estimate of drug-likeness (QED) is 0.555. The van der Waals surface area contributed by atoms with Crippen molar-refractivity contribution in [3.8, 4) is 17.6 Å². The van der Waals surface area contributed by atoms with Gasteiger partial charge in [0.25, 0.3) is 5.91 Å². The van der Waals surface area contributed by atoms with Crippen LogP contribution in [0.3, 0.4) is 0 Å². The van der Waals surface area contributed by atoms with Gasteiger partial charge in [0.2, 0.25) is 6.41 Å². The zero-order valence-electron chi connectivity index (χ0n) is 15.4. The maximum Gasteiger partial charge on any atom is 0.322 e. The molecule has 3 rings (SSSR count). The minimum Gasteiger partial charge on any atom is -0.497 e. The van der Waals surface area contributed by atoms with E-state index in [9.17, 15) is 19.2 Å². The van der Waals surface area contributed by atoms with Crippen molar-refractivity contribution in [3.63, 3.8) is 0 Å². The normalized spacial score (nSPS) is 13.0. The van der Waals surface area contributed by atoms with Gasteiger partial charge in [0, 0.05) is 12.1 Å². The summed E-state index contributed by atoms with van der Waals surface area (Å²) in [7, 11) is 1.52. The molecule has 2 aromatic rings. The van der Waals surface area contributed by atoms with Crippen LogP contribution in [-0.2, 0) is 11.3 Å². The number of nitrogens with one attached hydrogen (secondary N) is 2. The molecule has 0 spiro atoms. The van der Waals surface area contributed by atoms with E-state index in [1.54, 1.807) is 12.1 Å². The lowest BCUT2D eigenvalue weighted by atomic mass is 10.1. The summed E-state index contributed by atoms with van der Waals surface area (Å²) in [4.78, 5) is 47.2. The zero-order chi connectivity index (χ0) is 20.8. The molecule has 0 aliphatic carbocycles. The second-order valence-corrected chi connectivity index (χ2v) is 6.09. The molecule has 9 heteroatoms. The number of furan rings is 1. The number of carbonyl (C=O) groups excluding carboxylic acids is 4. The Morgan fingerprint density at radius 3 is 2.86 bits per heavy atom. The van der Waals surface area contributed by atoms with E-state index in [0.29, 0.717) is 24.1 Å². The Balaban J connectivity index is 1.78. The molecule has 4 amide bonds. The Kier molecular flexibility index (Phi) is 5.94. The number of benzene rings is 1. The van der Waals surface area contributed by atoms with Crippen molar-refractivity contribution in [1.82, 2.24) is 15.5 Å². The van der Waals surface area contributed by atoms with Gasteiger partial charge in [-0.1, -0.05) is 12.0 Å². The summed E-state index contributed by atoms with van der Waals surface area (Å²) < 4.78 is 10.3. The molecule has 0 unspecified atom stereocenters. The molecule has 0 bridgehead atoms. The minimum absolute atomic E-state index is 0.0797. The third-order valence-electron chi connectivity index (χ3n) is 4.21. The van der Waals surface area contributed by atoms with Crippen LogP contribution in [0, 0.1) is 11.8 Å². The lowest BCUT2D eigenvalue weighted by Gasteiger charge is -2.20. The van der Waals surface area contributed by atoms with Crippen molar-refractivity contribution in [2.75, 3.05) is 13.7 Å². The molecule has 0 fully saturated rings. The molecule has 9 nitrogen and oxygen atoms in total. The molecular formula is C20H17N3O6.